The Morgan fingerprint density at radius 2 is 2.12 bits per heavy atom. The fraction of sp³-hybridized carbons (Fsp3) is 0.312. The van der Waals surface area contributed by atoms with Gasteiger partial charge in [-0.2, -0.15) is 0 Å². The van der Waals surface area contributed by atoms with Crippen LogP contribution in [0.5, 0.6) is 5.75 Å². The number of hydrogen-bond donors (Lipinski definition) is 2. The van der Waals surface area contributed by atoms with E-state index < -0.39 is 0 Å². The Balaban J connectivity index is 2.04. The molecule has 1 aromatic carbocycles. The average Bonchev–Trinajstić information content (AvgIpc) is 2.56. The molecule has 0 saturated heterocycles. The molecule has 0 atom stereocenters. The first-order valence-corrected chi connectivity index (χ1v) is 8.65. The van der Waals surface area contributed by atoms with Crippen LogP contribution < -0.4 is 15.6 Å². The Morgan fingerprint density at radius 1 is 1.36 bits per heavy atom. The zero-order valence-electron chi connectivity index (χ0n) is 14.0. The van der Waals surface area contributed by atoms with Crippen molar-refractivity contribution in [2.24, 2.45) is 0 Å². The Labute approximate surface area is 154 Å². The summed E-state index contributed by atoms with van der Waals surface area (Å²) in [6.07, 6.45) is 0. The summed E-state index contributed by atoms with van der Waals surface area (Å²) in [6, 6.07) is 4.74. The van der Waals surface area contributed by atoms with Crippen molar-refractivity contribution in [3.63, 3.8) is 0 Å². The minimum atomic E-state index is -0.292. The Hall–Kier alpha value is -2.03. The van der Waals surface area contributed by atoms with E-state index in [0.717, 1.165) is 17.3 Å². The highest BCUT2D eigenvalue weighted by Gasteiger charge is 2.12. The first-order valence-electron chi connectivity index (χ1n) is 7.29. The lowest BCUT2D eigenvalue weighted by molar-refractivity contribution is -0.113. The summed E-state index contributed by atoms with van der Waals surface area (Å²) in [5.41, 5.74) is 1.57. The predicted octanol–water partition coefficient (Wildman–Crippen LogP) is 2.62. The lowest BCUT2D eigenvalue weighted by Crippen LogP contribution is -2.16. The molecule has 0 radical (unpaired) electrons. The number of benzene rings is 1. The first-order chi connectivity index (χ1) is 11.9. The predicted molar refractivity (Wildman–Crippen MR) is 97.7 cm³/mol. The van der Waals surface area contributed by atoms with Crippen LogP contribution in [-0.2, 0) is 16.1 Å². The molecule has 134 valence electrons. The Morgan fingerprint density at radius 3 is 2.80 bits per heavy atom. The zero-order chi connectivity index (χ0) is 18.4. The number of thioether (sulfide) groups is 1. The van der Waals surface area contributed by atoms with Crippen LogP contribution in [0.4, 0.5) is 5.69 Å². The van der Waals surface area contributed by atoms with E-state index in [2.05, 4.69) is 15.3 Å². The molecule has 2 N–H and O–H groups in total. The molecule has 25 heavy (non-hydrogen) atoms. The molecule has 0 aliphatic carbocycles. The number of carbonyl (C=O) groups is 1. The molecule has 0 aliphatic heterocycles. The van der Waals surface area contributed by atoms with Crippen LogP contribution >= 0.6 is 23.4 Å². The zero-order valence-corrected chi connectivity index (χ0v) is 15.6. The molecule has 7 nitrogen and oxygen atoms in total. The molecule has 0 fully saturated rings. The fourth-order valence-electron chi connectivity index (χ4n) is 2.02. The molecule has 2 rings (SSSR count). The van der Waals surface area contributed by atoms with Gasteiger partial charge in [0.05, 0.1) is 30.9 Å². The van der Waals surface area contributed by atoms with E-state index in [0.29, 0.717) is 27.3 Å². The molecule has 1 amide bonds. The van der Waals surface area contributed by atoms with E-state index in [4.69, 9.17) is 21.1 Å². The molecule has 1 heterocycles. The molecular weight excluding hydrogens is 366 g/mol. The maximum absolute atomic E-state index is 12.2. The van der Waals surface area contributed by atoms with Gasteiger partial charge in [-0.25, -0.2) is 4.98 Å². The third-order valence-corrected chi connectivity index (χ3v) is 4.44. The number of amides is 1. The van der Waals surface area contributed by atoms with Crippen LogP contribution in [0.2, 0.25) is 5.02 Å². The second-order valence-electron chi connectivity index (χ2n) is 5.11. The number of ether oxygens (including phenoxy) is 2. The highest BCUT2D eigenvalue weighted by atomic mass is 35.5. The van der Waals surface area contributed by atoms with Gasteiger partial charge in [-0.3, -0.25) is 9.59 Å². The van der Waals surface area contributed by atoms with E-state index in [1.807, 2.05) is 6.92 Å². The van der Waals surface area contributed by atoms with E-state index in [-0.39, 0.29) is 23.8 Å². The average molecular weight is 384 g/mol. The van der Waals surface area contributed by atoms with Crippen molar-refractivity contribution >= 4 is 35.0 Å². The van der Waals surface area contributed by atoms with Gasteiger partial charge in [-0.05, 0) is 18.6 Å². The van der Waals surface area contributed by atoms with Gasteiger partial charge in [0.25, 0.3) is 5.56 Å². The number of methoxy groups -OCH3 is 2. The van der Waals surface area contributed by atoms with E-state index >= 15 is 0 Å². The summed E-state index contributed by atoms with van der Waals surface area (Å²) < 4.78 is 10.2. The van der Waals surface area contributed by atoms with Crippen molar-refractivity contribution in [1.29, 1.82) is 0 Å². The number of aryl methyl sites for hydroxylation is 1. The summed E-state index contributed by atoms with van der Waals surface area (Å²) in [5.74, 6) is 0.289. The molecule has 0 spiro atoms. The lowest BCUT2D eigenvalue weighted by atomic mass is 10.2. The standard InChI is InChI=1S/C16H18ClN3O4S/c1-9-4-12(13(24-3)6-11(9)17)19-15(22)8-25-16-18-10(7-23-2)5-14(21)20-16/h4-6H,7-8H2,1-3H3,(H,19,22)(H,18,20,21). The number of anilines is 1. The Kier molecular flexibility index (Phi) is 6.86. The van der Waals surface area contributed by atoms with Crippen LogP contribution in [0.15, 0.2) is 28.2 Å². The van der Waals surface area contributed by atoms with Crippen molar-refractivity contribution in [2.45, 2.75) is 18.7 Å². The molecule has 0 unspecified atom stereocenters. The molecule has 0 aliphatic rings. The second-order valence-corrected chi connectivity index (χ2v) is 6.48. The number of aromatic nitrogens is 2. The topological polar surface area (TPSA) is 93.3 Å². The van der Waals surface area contributed by atoms with E-state index in [9.17, 15) is 9.59 Å². The fourth-order valence-corrected chi connectivity index (χ4v) is 2.87. The largest absolute Gasteiger partial charge is 0.495 e. The normalized spacial score (nSPS) is 10.6. The van der Waals surface area contributed by atoms with Gasteiger partial charge in [0, 0.05) is 24.3 Å². The smallest absolute Gasteiger partial charge is 0.251 e. The number of halogens is 1. The summed E-state index contributed by atoms with van der Waals surface area (Å²) in [5, 5.41) is 3.68. The molecule has 1 aromatic heterocycles. The van der Waals surface area contributed by atoms with Gasteiger partial charge in [0.1, 0.15) is 5.75 Å². The summed E-state index contributed by atoms with van der Waals surface area (Å²) in [7, 11) is 3.02. The Bertz CT molecular complexity index is 826. The quantitative estimate of drug-likeness (QED) is 0.564. The second kappa shape index (κ2) is 8.89. The number of hydrogen-bond acceptors (Lipinski definition) is 6. The lowest BCUT2D eigenvalue weighted by Gasteiger charge is -2.12. The maximum atomic E-state index is 12.2. The van der Waals surface area contributed by atoms with Gasteiger partial charge in [-0.15, -0.1) is 0 Å². The number of H-pyrrole nitrogens is 1. The number of carbonyl (C=O) groups excluding carboxylic acids is 1. The minimum absolute atomic E-state index is 0.0736. The van der Waals surface area contributed by atoms with Crippen molar-refractivity contribution in [3.8, 4) is 5.75 Å². The van der Waals surface area contributed by atoms with Gasteiger partial charge in [-0.1, -0.05) is 23.4 Å². The van der Waals surface area contributed by atoms with Crippen LogP contribution in [0.1, 0.15) is 11.3 Å². The van der Waals surface area contributed by atoms with Gasteiger partial charge < -0.3 is 19.8 Å². The highest BCUT2D eigenvalue weighted by molar-refractivity contribution is 7.99. The van der Waals surface area contributed by atoms with Crippen molar-refractivity contribution in [3.05, 3.63) is 44.8 Å². The monoisotopic (exact) mass is 383 g/mol. The third-order valence-electron chi connectivity index (χ3n) is 3.16. The molecule has 0 bridgehead atoms. The van der Waals surface area contributed by atoms with Gasteiger partial charge in [0.2, 0.25) is 5.91 Å². The number of aromatic amines is 1. The van der Waals surface area contributed by atoms with Crippen LogP contribution in [0.3, 0.4) is 0 Å². The van der Waals surface area contributed by atoms with E-state index in [1.54, 1.807) is 12.1 Å². The maximum Gasteiger partial charge on any atom is 0.251 e. The summed E-state index contributed by atoms with van der Waals surface area (Å²) in [4.78, 5) is 30.6. The molecule has 9 heteroatoms. The third kappa shape index (κ3) is 5.48. The summed E-state index contributed by atoms with van der Waals surface area (Å²) >= 11 is 7.17. The van der Waals surface area contributed by atoms with Gasteiger partial charge in [0.15, 0.2) is 5.16 Å². The van der Waals surface area contributed by atoms with Gasteiger partial charge >= 0.3 is 0 Å². The SMILES string of the molecule is COCc1cc(=O)[nH]c(SCC(=O)Nc2cc(C)c(Cl)cc2OC)n1. The highest BCUT2D eigenvalue weighted by Crippen LogP contribution is 2.31. The van der Waals surface area contributed by atoms with Crippen LogP contribution in [0.25, 0.3) is 0 Å². The van der Waals surface area contributed by atoms with E-state index in [1.165, 1.54) is 20.3 Å². The number of rotatable bonds is 7. The van der Waals surface area contributed by atoms with Crippen molar-refractivity contribution < 1.29 is 14.3 Å². The van der Waals surface area contributed by atoms with Crippen LogP contribution in [-0.4, -0.2) is 35.8 Å². The van der Waals surface area contributed by atoms with Crippen molar-refractivity contribution in [1.82, 2.24) is 9.97 Å². The number of nitrogens with one attached hydrogen (secondary N) is 2. The first kappa shape index (κ1) is 19.3. The minimum Gasteiger partial charge on any atom is -0.495 e. The molecule has 2 aromatic rings. The van der Waals surface area contributed by atoms with Crippen molar-refractivity contribution in [2.75, 3.05) is 25.3 Å². The molecule has 0 saturated carbocycles. The number of nitrogens with zero attached hydrogens (tertiary/aromatic N) is 1. The summed E-state index contributed by atoms with van der Waals surface area (Å²) in [6.45, 7) is 2.06. The molecular formula is C16H18ClN3O4S. The van der Waals surface area contributed by atoms with Crippen LogP contribution in [0, 0.1) is 6.92 Å².